The van der Waals surface area contributed by atoms with E-state index in [9.17, 15) is 5.26 Å². The van der Waals surface area contributed by atoms with Crippen molar-refractivity contribution >= 4 is 0 Å². The molecule has 0 spiro atoms. The highest BCUT2D eigenvalue weighted by Crippen LogP contribution is 2.42. The summed E-state index contributed by atoms with van der Waals surface area (Å²) in [5.74, 6) is 1.58. The highest BCUT2D eigenvalue weighted by molar-refractivity contribution is 5.66. The van der Waals surface area contributed by atoms with Crippen LogP contribution < -0.4 is 4.74 Å². The van der Waals surface area contributed by atoms with E-state index in [2.05, 4.69) is 16.0 Å². The van der Waals surface area contributed by atoms with Crippen LogP contribution in [0.3, 0.4) is 0 Å². The van der Waals surface area contributed by atoms with E-state index in [4.69, 9.17) is 4.74 Å². The number of hydrogen-bond acceptors (Lipinski definition) is 3. The van der Waals surface area contributed by atoms with Gasteiger partial charge in [-0.2, -0.15) is 5.26 Å². The molecule has 96 valence electrons. The minimum absolute atomic E-state index is 0.403. The maximum atomic E-state index is 9.34. The first-order chi connectivity index (χ1) is 9.29. The summed E-state index contributed by atoms with van der Waals surface area (Å²) < 4.78 is 5.35. The lowest BCUT2D eigenvalue weighted by molar-refractivity contribution is 0.309. The third-order valence-corrected chi connectivity index (χ3v) is 3.85. The standard InChI is InChI=1S/C15H15N3O/c1-19-13-6-3-2-5-11(13)12-9-17-14(18-12)15(10-16)7-4-8-15/h2-3,5-6,9H,4,7-8H2,1H3,(H,17,18). The predicted octanol–water partition coefficient (Wildman–Crippen LogP) is 3.03. The highest BCUT2D eigenvalue weighted by Gasteiger charge is 2.41. The average molecular weight is 253 g/mol. The summed E-state index contributed by atoms with van der Waals surface area (Å²) in [6.07, 6.45) is 4.66. The van der Waals surface area contributed by atoms with Crippen LogP contribution in [-0.2, 0) is 5.41 Å². The molecule has 4 nitrogen and oxygen atoms in total. The first-order valence-corrected chi connectivity index (χ1v) is 6.39. The quantitative estimate of drug-likeness (QED) is 0.914. The van der Waals surface area contributed by atoms with E-state index < -0.39 is 5.41 Å². The Morgan fingerprint density at radius 1 is 1.37 bits per heavy atom. The number of H-pyrrole nitrogens is 1. The van der Waals surface area contributed by atoms with Crippen LogP contribution >= 0.6 is 0 Å². The monoisotopic (exact) mass is 253 g/mol. The Morgan fingerprint density at radius 2 is 2.16 bits per heavy atom. The molecule has 0 bridgehead atoms. The number of aromatic nitrogens is 2. The van der Waals surface area contributed by atoms with Gasteiger partial charge in [0.05, 0.1) is 25.1 Å². The first kappa shape index (κ1) is 11.8. The normalized spacial score (nSPS) is 16.4. The van der Waals surface area contributed by atoms with Gasteiger partial charge >= 0.3 is 0 Å². The van der Waals surface area contributed by atoms with Gasteiger partial charge in [0.15, 0.2) is 0 Å². The number of rotatable bonds is 3. The van der Waals surface area contributed by atoms with Crippen LogP contribution in [0.15, 0.2) is 30.5 Å². The van der Waals surface area contributed by atoms with Crippen molar-refractivity contribution in [3.8, 4) is 23.1 Å². The average Bonchev–Trinajstić information content (AvgIpc) is 2.88. The Bertz CT molecular complexity index is 635. The Labute approximate surface area is 112 Å². The van der Waals surface area contributed by atoms with Crippen molar-refractivity contribution in [3.63, 3.8) is 0 Å². The third-order valence-electron chi connectivity index (χ3n) is 3.85. The number of nitrogens with one attached hydrogen (secondary N) is 1. The molecular formula is C15H15N3O. The molecular weight excluding hydrogens is 238 g/mol. The van der Waals surface area contributed by atoms with Gasteiger partial charge in [0.1, 0.15) is 17.0 Å². The lowest BCUT2D eigenvalue weighted by Gasteiger charge is -2.32. The van der Waals surface area contributed by atoms with Crippen LogP contribution in [-0.4, -0.2) is 17.1 Å². The van der Waals surface area contributed by atoms with Gasteiger partial charge in [0, 0.05) is 5.56 Å². The molecule has 2 aromatic rings. The number of hydrogen-bond donors (Lipinski definition) is 1. The molecule has 1 aliphatic carbocycles. The summed E-state index contributed by atoms with van der Waals surface area (Å²) in [6, 6.07) is 10.2. The Balaban J connectivity index is 2.00. The molecule has 1 aromatic heterocycles. The van der Waals surface area contributed by atoms with Gasteiger partial charge in [-0.15, -0.1) is 0 Å². The fourth-order valence-electron chi connectivity index (χ4n) is 2.50. The minimum Gasteiger partial charge on any atom is -0.496 e. The number of aromatic amines is 1. The topological polar surface area (TPSA) is 61.7 Å². The molecule has 0 unspecified atom stereocenters. The number of benzene rings is 1. The zero-order valence-corrected chi connectivity index (χ0v) is 10.8. The van der Waals surface area contributed by atoms with Crippen molar-refractivity contribution in [2.45, 2.75) is 24.7 Å². The van der Waals surface area contributed by atoms with E-state index in [0.29, 0.717) is 0 Å². The van der Waals surface area contributed by atoms with E-state index in [0.717, 1.165) is 42.1 Å². The Hall–Kier alpha value is -2.28. The lowest BCUT2D eigenvalue weighted by Crippen LogP contribution is -2.33. The minimum atomic E-state index is -0.403. The van der Waals surface area contributed by atoms with Crippen LogP contribution in [0.1, 0.15) is 25.1 Å². The Morgan fingerprint density at radius 3 is 2.79 bits per heavy atom. The summed E-state index contributed by atoms with van der Waals surface area (Å²) in [4.78, 5) is 7.68. The summed E-state index contributed by atoms with van der Waals surface area (Å²) in [5, 5.41) is 9.34. The second-order valence-corrected chi connectivity index (χ2v) is 4.89. The SMILES string of the molecule is COc1ccccc1-c1cnc(C2(C#N)CCC2)[nH]1. The second-order valence-electron chi connectivity index (χ2n) is 4.89. The molecule has 3 rings (SSSR count). The second kappa shape index (κ2) is 4.43. The summed E-state index contributed by atoms with van der Waals surface area (Å²) in [7, 11) is 1.65. The molecule has 1 fully saturated rings. The highest BCUT2D eigenvalue weighted by atomic mass is 16.5. The molecule has 4 heteroatoms. The number of nitriles is 1. The van der Waals surface area contributed by atoms with E-state index in [-0.39, 0.29) is 0 Å². The molecule has 0 saturated heterocycles. The largest absolute Gasteiger partial charge is 0.496 e. The van der Waals surface area contributed by atoms with Crippen molar-refractivity contribution in [2.75, 3.05) is 7.11 Å². The maximum absolute atomic E-state index is 9.34. The zero-order chi connectivity index (χ0) is 13.3. The van der Waals surface area contributed by atoms with Crippen LogP contribution in [0, 0.1) is 11.3 Å². The molecule has 0 radical (unpaired) electrons. The fourth-order valence-corrected chi connectivity index (χ4v) is 2.50. The molecule has 0 amide bonds. The lowest BCUT2D eigenvalue weighted by atomic mass is 9.69. The van der Waals surface area contributed by atoms with Crippen LogP contribution in [0.25, 0.3) is 11.3 Å². The summed E-state index contributed by atoms with van der Waals surface area (Å²) >= 11 is 0. The molecule has 1 heterocycles. The van der Waals surface area contributed by atoms with Crippen molar-refractivity contribution in [2.24, 2.45) is 0 Å². The molecule has 1 saturated carbocycles. The molecule has 1 aromatic carbocycles. The number of methoxy groups -OCH3 is 1. The van der Waals surface area contributed by atoms with E-state index in [1.54, 1.807) is 13.3 Å². The van der Waals surface area contributed by atoms with Gasteiger partial charge in [-0.3, -0.25) is 0 Å². The fraction of sp³-hybridized carbons (Fsp3) is 0.333. The van der Waals surface area contributed by atoms with E-state index in [1.165, 1.54) is 0 Å². The molecule has 1 aliphatic rings. The van der Waals surface area contributed by atoms with E-state index >= 15 is 0 Å². The van der Waals surface area contributed by atoms with Crippen LogP contribution in [0.5, 0.6) is 5.75 Å². The van der Waals surface area contributed by atoms with Gasteiger partial charge in [-0.05, 0) is 31.4 Å². The van der Waals surface area contributed by atoms with Gasteiger partial charge in [-0.25, -0.2) is 4.98 Å². The first-order valence-electron chi connectivity index (χ1n) is 6.39. The molecule has 0 aliphatic heterocycles. The maximum Gasteiger partial charge on any atom is 0.128 e. The molecule has 19 heavy (non-hydrogen) atoms. The molecule has 0 atom stereocenters. The van der Waals surface area contributed by atoms with E-state index in [1.807, 2.05) is 24.3 Å². The molecule has 1 N–H and O–H groups in total. The van der Waals surface area contributed by atoms with Crippen molar-refractivity contribution in [1.82, 2.24) is 9.97 Å². The zero-order valence-electron chi connectivity index (χ0n) is 10.8. The number of imidazole rings is 1. The van der Waals surface area contributed by atoms with Crippen LogP contribution in [0.2, 0.25) is 0 Å². The summed E-state index contributed by atoms with van der Waals surface area (Å²) in [5.41, 5.74) is 1.46. The number of nitrogens with zero attached hydrogens (tertiary/aromatic N) is 2. The number of para-hydroxylation sites is 1. The van der Waals surface area contributed by atoms with Gasteiger partial charge in [-0.1, -0.05) is 12.1 Å². The van der Waals surface area contributed by atoms with Crippen LogP contribution in [0.4, 0.5) is 0 Å². The van der Waals surface area contributed by atoms with Crippen molar-refractivity contribution in [1.29, 1.82) is 5.26 Å². The van der Waals surface area contributed by atoms with Gasteiger partial charge in [0.25, 0.3) is 0 Å². The Kier molecular flexibility index (Phi) is 2.75. The smallest absolute Gasteiger partial charge is 0.128 e. The summed E-state index contributed by atoms with van der Waals surface area (Å²) in [6.45, 7) is 0. The third kappa shape index (κ3) is 1.78. The van der Waals surface area contributed by atoms with Gasteiger partial charge in [0.2, 0.25) is 0 Å². The van der Waals surface area contributed by atoms with Crippen molar-refractivity contribution in [3.05, 3.63) is 36.3 Å². The number of ether oxygens (including phenoxy) is 1. The van der Waals surface area contributed by atoms with Gasteiger partial charge < -0.3 is 9.72 Å². The predicted molar refractivity (Wildman–Crippen MR) is 71.7 cm³/mol. The van der Waals surface area contributed by atoms with Crippen molar-refractivity contribution < 1.29 is 4.74 Å².